The Morgan fingerprint density at radius 1 is 1.40 bits per heavy atom. The Bertz CT molecular complexity index is 350. The van der Waals surface area contributed by atoms with E-state index in [2.05, 4.69) is 0 Å². The largest absolute Gasteiger partial charge is 0.445 e. The van der Waals surface area contributed by atoms with Gasteiger partial charge in [0.2, 0.25) is 6.23 Å². The summed E-state index contributed by atoms with van der Waals surface area (Å²) in [5.41, 5.74) is 0.957. The van der Waals surface area contributed by atoms with Gasteiger partial charge in [-0.15, -0.1) is 5.06 Å². The molecule has 1 aliphatic heterocycles. The van der Waals surface area contributed by atoms with Gasteiger partial charge < -0.3 is 4.74 Å². The van der Waals surface area contributed by atoms with Crippen molar-refractivity contribution < 1.29 is 14.4 Å². The number of nitrogens with zero attached hydrogens (tertiary/aromatic N) is 1. The molecule has 0 aliphatic carbocycles. The van der Waals surface area contributed by atoms with E-state index >= 15 is 0 Å². The number of hydrogen-bond donors (Lipinski definition) is 0. The van der Waals surface area contributed by atoms with E-state index in [1.54, 1.807) is 13.8 Å². The van der Waals surface area contributed by atoms with Crippen molar-refractivity contribution in [3.05, 3.63) is 35.9 Å². The lowest BCUT2D eigenvalue weighted by Gasteiger charge is -2.05. The molecule has 0 saturated carbocycles. The minimum Gasteiger partial charge on any atom is -0.445 e. The van der Waals surface area contributed by atoms with Crippen LogP contribution in [0.5, 0.6) is 0 Å². The first-order valence-electron chi connectivity index (χ1n) is 4.90. The SMILES string of the molecule is CC(C)OC(=O)N1OC1c1ccccc1. The van der Waals surface area contributed by atoms with Crippen LogP contribution in [0.3, 0.4) is 0 Å². The van der Waals surface area contributed by atoms with E-state index in [-0.39, 0.29) is 12.3 Å². The molecule has 0 aromatic heterocycles. The maximum Gasteiger partial charge on any atom is 0.437 e. The van der Waals surface area contributed by atoms with E-state index in [9.17, 15) is 4.79 Å². The number of carbonyl (C=O) groups is 1. The van der Waals surface area contributed by atoms with Gasteiger partial charge in [-0.2, -0.15) is 0 Å². The molecule has 1 amide bonds. The zero-order valence-electron chi connectivity index (χ0n) is 8.71. The molecule has 1 aliphatic rings. The van der Waals surface area contributed by atoms with E-state index in [0.717, 1.165) is 5.56 Å². The summed E-state index contributed by atoms with van der Waals surface area (Å²) in [6, 6.07) is 9.55. The van der Waals surface area contributed by atoms with Crippen LogP contribution in [-0.4, -0.2) is 17.3 Å². The number of amides is 1. The molecule has 1 unspecified atom stereocenters. The quantitative estimate of drug-likeness (QED) is 0.699. The minimum absolute atomic E-state index is 0.127. The monoisotopic (exact) mass is 207 g/mol. The predicted molar refractivity (Wildman–Crippen MR) is 53.7 cm³/mol. The molecule has 1 atom stereocenters. The van der Waals surface area contributed by atoms with Crippen LogP contribution in [0.2, 0.25) is 0 Å². The van der Waals surface area contributed by atoms with Crippen molar-refractivity contribution in [1.82, 2.24) is 5.06 Å². The van der Waals surface area contributed by atoms with Crippen LogP contribution in [0.25, 0.3) is 0 Å². The van der Waals surface area contributed by atoms with E-state index in [4.69, 9.17) is 9.57 Å². The Morgan fingerprint density at radius 2 is 2.07 bits per heavy atom. The molecule has 1 saturated heterocycles. The molecule has 0 N–H and O–H groups in total. The van der Waals surface area contributed by atoms with Gasteiger partial charge in [-0.25, -0.2) is 9.63 Å². The van der Waals surface area contributed by atoms with Gasteiger partial charge in [-0.3, -0.25) is 0 Å². The Morgan fingerprint density at radius 3 is 2.67 bits per heavy atom. The number of hydrogen-bond acceptors (Lipinski definition) is 3. The average Bonchev–Trinajstić information content (AvgIpc) is 2.97. The lowest BCUT2D eigenvalue weighted by molar-refractivity contribution is 0.0692. The molecule has 1 heterocycles. The molecule has 2 rings (SSSR count). The topological polar surface area (TPSA) is 41.8 Å². The van der Waals surface area contributed by atoms with Gasteiger partial charge in [0.15, 0.2) is 0 Å². The van der Waals surface area contributed by atoms with Crippen LogP contribution in [0.1, 0.15) is 25.6 Å². The fourth-order valence-corrected chi connectivity index (χ4v) is 1.29. The van der Waals surface area contributed by atoms with Gasteiger partial charge in [-0.05, 0) is 13.8 Å². The van der Waals surface area contributed by atoms with E-state index in [1.807, 2.05) is 30.3 Å². The Hall–Kier alpha value is -1.55. The van der Waals surface area contributed by atoms with Crippen molar-refractivity contribution in [3.8, 4) is 0 Å². The summed E-state index contributed by atoms with van der Waals surface area (Å²) in [5.74, 6) is 0. The summed E-state index contributed by atoms with van der Waals surface area (Å²) >= 11 is 0. The second kappa shape index (κ2) is 3.90. The molecule has 0 radical (unpaired) electrons. The fourth-order valence-electron chi connectivity index (χ4n) is 1.29. The van der Waals surface area contributed by atoms with E-state index < -0.39 is 6.09 Å². The van der Waals surface area contributed by atoms with Crippen LogP contribution in [0.4, 0.5) is 4.79 Å². The molecule has 1 aromatic carbocycles. The van der Waals surface area contributed by atoms with Crippen molar-refractivity contribution >= 4 is 6.09 Å². The van der Waals surface area contributed by atoms with Crippen LogP contribution >= 0.6 is 0 Å². The summed E-state index contributed by atoms with van der Waals surface area (Å²) in [7, 11) is 0. The van der Waals surface area contributed by atoms with Crippen molar-refractivity contribution in [3.63, 3.8) is 0 Å². The average molecular weight is 207 g/mol. The van der Waals surface area contributed by atoms with Gasteiger partial charge in [0.25, 0.3) is 0 Å². The molecule has 4 heteroatoms. The third-order valence-electron chi connectivity index (χ3n) is 1.98. The maximum atomic E-state index is 11.4. The standard InChI is InChI=1S/C11H13NO3/c1-8(2)14-11(13)12-10(15-12)9-6-4-3-5-7-9/h3-8,10H,1-2H3. The smallest absolute Gasteiger partial charge is 0.437 e. The second-order valence-corrected chi connectivity index (χ2v) is 3.63. The molecule has 1 fully saturated rings. The highest BCUT2D eigenvalue weighted by Crippen LogP contribution is 2.37. The van der Waals surface area contributed by atoms with Crippen molar-refractivity contribution in [2.75, 3.05) is 0 Å². The fraction of sp³-hybridized carbons (Fsp3) is 0.364. The first kappa shape index (κ1) is 9.98. The molecule has 4 nitrogen and oxygen atoms in total. The highest BCUT2D eigenvalue weighted by atomic mass is 16.9. The molecule has 0 spiro atoms. The lowest BCUT2D eigenvalue weighted by Crippen LogP contribution is -2.17. The number of hydroxylamine groups is 2. The highest BCUT2D eigenvalue weighted by Gasteiger charge is 2.44. The lowest BCUT2D eigenvalue weighted by atomic mass is 10.2. The van der Waals surface area contributed by atoms with E-state index in [0.29, 0.717) is 0 Å². The van der Waals surface area contributed by atoms with Crippen molar-refractivity contribution in [1.29, 1.82) is 0 Å². The van der Waals surface area contributed by atoms with Gasteiger partial charge in [-0.1, -0.05) is 30.3 Å². The van der Waals surface area contributed by atoms with Gasteiger partial charge in [0, 0.05) is 5.56 Å². The van der Waals surface area contributed by atoms with Gasteiger partial charge in [0.05, 0.1) is 6.10 Å². The van der Waals surface area contributed by atoms with Crippen LogP contribution in [0.15, 0.2) is 30.3 Å². The molecular formula is C11H13NO3. The van der Waals surface area contributed by atoms with E-state index in [1.165, 1.54) is 5.06 Å². The molecular weight excluding hydrogens is 194 g/mol. The minimum atomic E-state index is -0.432. The number of ether oxygens (including phenoxy) is 1. The second-order valence-electron chi connectivity index (χ2n) is 3.63. The third kappa shape index (κ3) is 2.27. The van der Waals surface area contributed by atoms with Crippen molar-refractivity contribution in [2.45, 2.75) is 26.2 Å². The Balaban J connectivity index is 1.94. The molecule has 0 bridgehead atoms. The summed E-state index contributed by atoms with van der Waals surface area (Å²) in [6.45, 7) is 3.61. The summed E-state index contributed by atoms with van der Waals surface area (Å²) in [5, 5.41) is 1.23. The normalized spacial score (nSPS) is 19.1. The highest BCUT2D eigenvalue weighted by molar-refractivity contribution is 5.68. The number of rotatable bonds is 2. The zero-order chi connectivity index (χ0) is 10.8. The number of carbonyl (C=O) groups excluding carboxylic acids is 1. The molecule has 15 heavy (non-hydrogen) atoms. The van der Waals surface area contributed by atoms with Gasteiger partial charge in [0.1, 0.15) is 0 Å². The number of benzene rings is 1. The van der Waals surface area contributed by atoms with Gasteiger partial charge >= 0.3 is 6.09 Å². The Labute approximate surface area is 88.4 Å². The van der Waals surface area contributed by atoms with Crippen LogP contribution in [0, 0.1) is 0 Å². The van der Waals surface area contributed by atoms with Crippen LogP contribution < -0.4 is 0 Å². The summed E-state index contributed by atoms with van der Waals surface area (Å²) in [6.07, 6.45) is -0.838. The van der Waals surface area contributed by atoms with Crippen LogP contribution in [-0.2, 0) is 9.57 Å². The zero-order valence-corrected chi connectivity index (χ0v) is 8.71. The summed E-state index contributed by atoms with van der Waals surface area (Å²) < 4.78 is 4.99. The molecule has 80 valence electrons. The first-order chi connectivity index (χ1) is 7.18. The maximum absolute atomic E-state index is 11.4. The summed E-state index contributed by atoms with van der Waals surface area (Å²) in [4.78, 5) is 16.5. The first-order valence-corrected chi connectivity index (χ1v) is 4.90. The Kier molecular flexibility index (Phi) is 2.60. The molecule has 1 aromatic rings. The third-order valence-corrected chi connectivity index (χ3v) is 1.98. The van der Waals surface area contributed by atoms with Crippen molar-refractivity contribution in [2.24, 2.45) is 0 Å². The predicted octanol–water partition coefficient (Wildman–Crippen LogP) is 2.48.